The minimum Gasteiger partial charge on any atom is -0.404 e. The summed E-state index contributed by atoms with van der Waals surface area (Å²) in [6.07, 6.45) is -2.76. The van der Waals surface area contributed by atoms with E-state index in [0.29, 0.717) is 0 Å². The number of nitrogens with one attached hydrogen (secondary N) is 1. The standard InChI is InChI=1S/C19H11F5N4O3S/c20-13-7-8-14(17(21)12(13)6-5-11-9-26-18(25)27-10-11)28-32(29,30)16-4-2-1-3-15(16)31-19(22,23)24/h1-4,7-10,28H,(H2,25,26,27). The minimum absolute atomic E-state index is 0.0425. The van der Waals surface area contributed by atoms with Gasteiger partial charge in [0, 0.05) is 12.4 Å². The van der Waals surface area contributed by atoms with Crippen molar-refractivity contribution in [2.24, 2.45) is 0 Å². The molecule has 13 heteroatoms. The van der Waals surface area contributed by atoms with E-state index in [1.807, 2.05) is 0 Å². The number of hydrogen-bond donors (Lipinski definition) is 2. The van der Waals surface area contributed by atoms with Crippen LogP contribution in [0.25, 0.3) is 0 Å². The van der Waals surface area contributed by atoms with Gasteiger partial charge >= 0.3 is 6.36 Å². The average Bonchev–Trinajstić information content (AvgIpc) is 2.70. The summed E-state index contributed by atoms with van der Waals surface area (Å²) in [7, 11) is -4.76. The zero-order chi connectivity index (χ0) is 23.5. The SMILES string of the molecule is Nc1ncc(C#Cc2c(F)ccc(NS(=O)(=O)c3ccccc3OC(F)(F)F)c2F)cn1. The fraction of sp³-hybridized carbons (Fsp3) is 0.0526. The third kappa shape index (κ3) is 5.41. The number of nitrogens with zero attached hydrogens (tertiary/aromatic N) is 2. The van der Waals surface area contributed by atoms with E-state index in [-0.39, 0.29) is 11.5 Å². The number of para-hydroxylation sites is 1. The normalized spacial score (nSPS) is 11.4. The van der Waals surface area contributed by atoms with E-state index in [2.05, 4.69) is 26.5 Å². The number of aromatic nitrogens is 2. The van der Waals surface area contributed by atoms with Crippen LogP contribution in [-0.2, 0) is 10.0 Å². The molecule has 3 aromatic rings. The van der Waals surface area contributed by atoms with Gasteiger partial charge in [-0.05, 0) is 24.3 Å². The van der Waals surface area contributed by atoms with Gasteiger partial charge in [-0.25, -0.2) is 27.2 Å². The summed E-state index contributed by atoms with van der Waals surface area (Å²) in [6, 6.07) is 5.36. The molecule has 0 atom stereocenters. The Morgan fingerprint density at radius 3 is 2.31 bits per heavy atom. The summed E-state index contributed by atoms with van der Waals surface area (Å²) < 4.78 is 97.3. The largest absolute Gasteiger partial charge is 0.573 e. The number of sulfonamides is 1. The lowest BCUT2D eigenvalue weighted by Crippen LogP contribution is -2.21. The van der Waals surface area contributed by atoms with Crippen molar-refractivity contribution in [3.63, 3.8) is 0 Å². The second kappa shape index (κ2) is 8.67. The number of benzene rings is 2. The third-order valence-electron chi connectivity index (χ3n) is 3.70. The zero-order valence-corrected chi connectivity index (χ0v) is 16.4. The number of anilines is 2. The van der Waals surface area contributed by atoms with Gasteiger partial charge < -0.3 is 10.5 Å². The first-order valence-corrected chi connectivity index (χ1v) is 9.90. The summed E-state index contributed by atoms with van der Waals surface area (Å²) in [5.41, 5.74) is 3.96. The van der Waals surface area contributed by atoms with Crippen molar-refractivity contribution >= 4 is 21.7 Å². The molecule has 2 aromatic carbocycles. The summed E-state index contributed by atoms with van der Waals surface area (Å²) in [5, 5.41) is 0. The van der Waals surface area contributed by atoms with Crippen LogP contribution in [0, 0.1) is 23.5 Å². The highest BCUT2D eigenvalue weighted by molar-refractivity contribution is 7.92. The lowest BCUT2D eigenvalue weighted by molar-refractivity contribution is -0.275. The monoisotopic (exact) mass is 470 g/mol. The second-order valence-electron chi connectivity index (χ2n) is 5.96. The molecular formula is C19H11F5N4O3S. The van der Waals surface area contributed by atoms with Crippen molar-refractivity contribution in [2.75, 3.05) is 10.5 Å². The van der Waals surface area contributed by atoms with E-state index in [1.165, 1.54) is 12.4 Å². The van der Waals surface area contributed by atoms with E-state index < -0.39 is 49.9 Å². The minimum atomic E-state index is -5.17. The van der Waals surface area contributed by atoms with Gasteiger partial charge in [0.2, 0.25) is 5.95 Å². The molecule has 0 aliphatic rings. The number of alkyl halides is 3. The molecule has 1 heterocycles. The molecule has 3 N–H and O–H groups in total. The van der Waals surface area contributed by atoms with Crippen molar-refractivity contribution < 1.29 is 35.1 Å². The molecule has 7 nitrogen and oxygen atoms in total. The Balaban J connectivity index is 1.97. The van der Waals surface area contributed by atoms with Gasteiger partial charge in [0.15, 0.2) is 5.82 Å². The highest BCUT2D eigenvalue weighted by Crippen LogP contribution is 2.31. The number of halogens is 5. The molecule has 3 rings (SSSR count). The Bertz CT molecular complexity index is 1320. The number of rotatable bonds is 4. The molecule has 0 saturated carbocycles. The van der Waals surface area contributed by atoms with E-state index in [0.717, 1.165) is 36.4 Å². The maximum absolute atomic E-state index is 14.8. The maximum atomic E-state index is 14.8. The first kappa shape index (κ1) is 22.8. The van der Waals surface area contributed by atoms with Crippen LogP contribution < -0.4 is 15.2 Å². The number of nitrogen functional groups attached to an aromatic ring is 1. The lowest BCUT2D eigenvalue weighted by atomic mass is 10.1. The van der Waals surface area contributed by atoms with Crippen molar-refractivity contribution in [1.82, 2.24) is 9.97 Å². The fourth-order valence-corrected chi connectivity index (χ4v) is 3.55. The Labute approximate surface area is 178 Å². The van der Waals surface area contributed by atoms with Gasteiger partial charge in [-0.15, -0.1) is 13.2 Å². The number of ether oxygens (including phenoxy) is 1. The Morgan fingerprint density at radius 2 is 1.66 bits per heavy atom. The summed E-state index contributed by atoms with van der Waals surface area (Å²) in [6.45, 7) is 0. The zero-order valence-electron chi connectivity index (χ0n) is 15.6. The van der Waals surface area contributed by atoms with Gasteiger partial charge in [-0.2, -0.15) is 0 Å². The van der Waals surface area contributed by atoms with Crippen LogP contribution in [0.3, 0.4) is 0 Å². The third-order valence-corrected chi connectivity index (χ3v) is 5.11. The smallest absolute Gasteiger partial charge is 0.404 e. The molecule has 0 fully saturated rings. The lowest BCUT2D eigenvalue weighted by Gasteiger charge is -2.15. The quantitative estimate of drug-likeness (QED) is 0.447. The van der Waals surface area contributed by atoms with E-state index in [4.69, 9.17) is 5.73 Å². The summed E-state index contributed by atoms with van der Waals surface area (Å²) in [5.74, 6) is 1.03. The number of nitrogens with two attached hydrogens (primary N) is 1. The summed E-state index contributed by atoms with van der Waals surface area (Å²) in [4.78, 5) is 6.42. The Kier molecular flexibility index (Phi) is 6.17. The molecule has 0 unspecified atom stereocenters. The van der Waals surface area contributed by atoms with Crippen LogP contribution in [0.15, 0.2) is 53.7 Å². The van der Waals surface area contributed by atoms with Crippen molar-refractivity contribution in [1.29, 1.82) is 0 Å². The fourth-order valence-electron chi connectivity index (χ4n) is 2.36. The molecule has 0 saturated heterocycles. The molecule has 0 radical (unpaired) electrons. The first-order chi connectivity index (χ1) is 15.0. The molecule has 32 heavy (non-hydrogen) atoms. The molecule has 0 amide bonds. The average molecular weight is 470 g/mol. The predicted molar refractivity (Wildman–Crippen MR) is 103 cm³/mol. The van der Waals surface area contributed by atoms with Gasteiger partial charge in [0.05, 0.1) is 16.8 Å². The maximum Gasteiger partial charge on any atom is 0.573 e. The van der Waals surface area contributed by atoms with E-state index in [9.17, 15) is 30.4 Å². The Morgan fingerprint density at radius 1 is 1.00 bits per heavy atom. The van der Waals surface area contributed by atoms with Crippen LogP contribution >= 0.6 is 0 Å². The van der Waals surface area contributed by atoms with Gasteiger partial charge in [-0.3, -0.25) is 4.72 Å². The molecule has 0 aliphatic carbocycles. The van der Waals surface area contributed by atoms with Gasteiger partial charge in [0.1, 0.15) is 16.5 Å². The van der Waals surface area contributed by atoms with E-state index >= 15 is 0 Å². The van der Waals surface area contributed by atoms with Crippen LogP contribution in [0.1, 0.15) is 11.1 Å². The van der Waals surface area contributed by atoms with Crippen LogP contribution in [0.2, 0.25) is 0 Å². The van der Waals surface area contributed by atoms with Crippen LogP contribution in [0.5, 0.6) is 5.75 Å². The molecule has 0 spiro atoms. The number of hydrogen-bond acceptors (Lipinski definition) is 6. The Hall–Kier alpha value is -3.92. The predicted octanol–water partition coefficient (Wildman–Crippen LogP) is 3.44. The topological polar surface area (TPSA) is 107 Å². The van der Waals surface area contributed by atoms with Crippen LogP contribution in [0.4, 0.5) is 33.6 Å². The molecular weight excluding hydrogens is 459 g/mol. The van der Waals surface area contributed by atoms with Crippen molar-refractivity contribution in [3.05, 3.63) is 71.6 Å². The van der Waals surface area contributed by atoms with Crippen LogP contribution in [-0.4, -0.2) is 24.7 Å². The summed E-state index contributed by atoms with van der Waals surface area (Å²) >= 11 is 0. The second-order valence-corrected chi connectivity index (χ2v) is 7.61. The highest BCUT2D eigenvalue weighted by atomic mass is 32.2. The highest BCUT2D eigenvalue weighted by Gasteiger charge is 2.34. The molecule has 166 valence electrons. The molecule has 0 aliphatic heterocycles. The van der Waals surface area contributed by atoms with Gasteiger partial charge in [0.25, 0.3) is 10.0 Å². The van der Waals surface area contributed by atoms with Crippen molar-refractivity contribution in [2.45, 2.75) is 11.3 Å². The van der Waals surface area contributed by atoms with Crippen molar-refractivity contribution in [3.8, 4) is 17.6 Å². The molecule has 0 bridgehead atoms. The first-order valence-electron chi connectivity index (χ1n) is 8.41. The molecule has 1 aromatic heterocycles. The van der Waals surface area contributed by atoms with E-state index in [1.54, 1.807) is 4.72 Å². The van der Waals surface area contributed by atoms with Gasteiger partial charge in [-0.1, -0.05) is 24.0 Å².